The average Bonchev–Trinajstić information content (AvgIpc) is 2.20. The largest absolute Gasteiger partial charge is 0.479 e. The number of hydrogen-bond acceptors (Lipinski definition) is 3. The van der Waals surface area contributed by atoms with Crippen LogP contribution in [0.15, 0.2) is 12.1 Å². The van der Waals surface area contributed by atoms with Gasteiger partial charge in [0.2, 0.25) is 0 Å². The highest BCUT2D eigenvalue weighted by atomic mass is 35.5. The fourth-order valence-electron chi connectivity index (χ4n) is 1.59. The van der Waals surface area contributed by atoms with E-state index in [9.17, 15) is 14.3 Å². The number of aliphatic hydroxyl groups is 1. The Kier molecular flexibility index (Phi) is 2.73. The highest BCUT2D eigenvalue weighted by molar-refractivity contribution is 6.30. The summed E-state index contributed by atoms with van der Waals surface area (Å²) in [6, 6.07) is 2.23. The third kappa shape index (κ3) is 1.83. The monoisotopic (exact) mass is 246 g/mol. The van der Waals surface area contributed by atoms with E-state index < -0.39 is 24.0 Å². The lowest BCUT2D eigenvalue weighted by Crippen LogP contribution is -2.33. The smallest absolute Gasteiger partial charge is 0.345 e. The van der Waals surface area contributed by atoms with Crippen LogP contribution in [0.5, 0.6) is 5.75 Å². The maximum Gasteiger partial charge on any atom is 0.345 e. The molecule has 1 aliphatic heterocycles. The van der Waals surface area contributed by atoms with E-state index in [0.29, 0.717) is 5.56 Å². The molecule has 0 fully saturated rings. The molecular formula is C10H8ClFO4. The van der Waals surface area contributed by atoms with Crippen molar-refractivity contribution >= 4 is 17.6 Å². The Bertz CT molecular complexity index is 449. The number of rotatable bonds is 1. The minimum Gasteiger partial charge on any atom is -0.479 e. The summed E-state index contributed by atoms with van der Waals surface area (Å²) in [4.78, 5) is 10.7. The molecule has 1 aromatic rings. The summed E-state index contributed by atoms with van der Waals surface area (Å²) < 4.78 is 18.2. The third-order valence-electron chi connectivity index (χ3n) is 2.39. The summed E-state index contributed by atoms with van der Waals surface area (Å²) >= 11 is 5.55. The topological polar surface area (TPSA) is 66.8 Å². The number of carbonyl (C=O) groups is 1. The van der Waals surface area contributed by atoms with E-state index in [1.54, 1.807) is 0 Å². The zero-order chi connectivity index (χ0) is 11.9. The molecule has 2 rings (SSSR count). The van der Waals surface area contributed by atoms with Gasteiger partial charge in [0.15, 0.2) is 6.10 Å². The summed E-state index contributed by atoms with van der Waals surface area (Å²) in [5, 5.41) is 18.3. The lowest BCUT2D eigenvalue weighted by molar-refractivity contribution is -0.147. The van der Waals surface area contributed by atoms with E-state index in [-0.39, 0.29) is 17.2 Å². The van der Waals surface area contributed by atoms with E-state index in [1.165, 1.54) is 6.07 Å². The first-order valence-electron chi connectivity index (χ1n) is 4.55. The Morgan fingerprint density at radius 2 is 2.25 bits per heavy atom. The molecule has 0 saturated carbocycles. The highest BCUT2D eigenvalue weighted by Crippen LogP contribution is 2.37. The highest BCUT2D eigenvalue weighted by Gasteiger charge is 2.32. The third-order valence-corrected chi connectivity index (χ3v) is 2.68. The fourth-order valence-corrected chi connectivity index (χ4v) is 1.76. The number of halogens is 2. The molecule has 2 atom stereocenters. The van der Waals surface area contributed by atoms with Gasteiger partial charge in [-0.05, 0) is 6.07 Å². The van der Waals surface area contributed by atoms with Crippen LogP contribution < -0.4 is 4.74 Å². The van der Waals surface area contributed by atoms with E-state index >= 15 is 0 Å². The maximum absolute atomic E-state index is 13.1. The molecule has 6 heteroatoms. The molecule has 0 aliphatic carbocycles. The molecular weight excluding hydrogens is 239 g/mol. The molecule has 1 aromatic carbocycles. The minimum absolute atomic E-state index is 0.0213. The van der Waals surface area contributed by atoms with Crippen LogP contribution in [-0.2, 0) is 4.79 Å². The molecule has 0 bridgehead atoms. The number of fused-ring (bicyclic) bond motifs is 1. The first kappa shape index (κ1) is 11.2. The molecule has 4 nitrogen and oxygen atoms in total. The zero-order valence-corrected chi connectivity index (χ0v) is 8.74. The molecule has 1 aliphatic rings. The quantitative estimate of drug-likeness (QED) is 0.792. The second-order valence-corrected chi connectivity index (χ2v) is 3.91. The van der Waals surface area contributed by atoms with Gasteiger partial charge in [0.1, 0.15) is 11.6 Å². The van der Waals surface area contributed by atoms with Gasteiger partial charge < -0.3 is 14.9 Å². The summed E-state index contributed by atoms with van der Waals surface area (Å²) in [5.41, 5.74) is 0.309. The van der Waals surface area contributed by atoms with Crippen LogP contribution in [-0.4, -0.2) is 22.3 Å². The molecule has 2 N–H and O–H groups in total. The summed E-state index contributed by atoms with van der Waals surface area (Å²) in [6.45, 7) is 0. The van der Waals surface area contributed by atoms with E-state index in [0.717, 1.165) is 6.07 Å². The van der Waals surface area contributed by atoms with Gasteiger partial charge in [-0.2, -0.15) is 0 Å². The number of carboxylic acid groups (broad SMARTS) is 1. The number of aliphatic hydroxyl groups excluding tert-OH is 1. The van der Waals surface area contributed by atoms with Crippen molar-refractivity contribution in [3.8, 4) is 5.75 Å². The summed E-state index contributed by atoms with van der Waals surface area (Å²) in [7, 11) is 0. The molecule has 1 heterocycles. The molecule has 0 spiro atoms. The van der Waals surface area contributed by atoms with Crippen molar-refractivity contribution < 1.29 is 24.1 Å². The predicted molar refractivity (Wildman–Crippen MR) is 53.0 cm³/mol. The standard InChI is InChI=1S/C10H8ClFO4/c11-5-1-4-7(13)3-9(10(14)15)16-8(4)2-6(5)12/h1-2,7,9,13H,3H2,(H,14,15)/t7-,9+/m0/s1. The normalized spacial score (nSPS) is 23.4. The SMILES string of the molecule is O=C(O)[C@H]1C[C@H](O)c2cc(Cl)c(F)cc2O1. The fraction of sp³-hybridized carbons (Fsp3) is 0.300. The first-order chi connectivity index (χ1) is 7.49. The van der Waals surface area contributed by atoms with Crippen LogP contribution in [0.1, 0.15) is 18.1 Å². The number of hydrogen-bond donors (Lipinski definition) is 2. The van der Waals surface area contributed by atoms with E-state index in [4.69, 9.17) is 21.4 Å². The van der Waals surface area contributed by atoms with Crippen molar-refractivity contribution in [2.45, 2.75) is 18.6 Å². The van der Waals surface area contributed by atoms with Crippen molar-refractivity contribution in [2.75, 3.05) is 0 Å². The zero-order valence-electron chi connectivity index (χ0n) is 7.98. The van der Waals surface area contributed by atoms with Crippen molar-refractivity contribution in [2.24, 2.45) is 0 Å². The molecule has 0 unspecified atom stereocenters. The number of benzene rings is 1. The van der Waals surface area contributed by atoms with Gasteiger partial charge in [-0.25, -0.2) is 9.18 Å². The van der Waals surface area contributed by atoms with Crippen LogP contribution in [0.25, 0.3) is 0 Å². The molecule has 16 heavy (non-hydrogen) atoms. The van der Waals surface area contributed by atoms with Crippen LogP contribution in [0.3, 0.4) is 0 Å². The lowest BCUT2D eigenvalue weighted by atomic mass is 9.99. The maximum atomic E-state index is 13.1. The molecule has 0 radical (unpaired) electrons. The Morgan fingerprint density at radius 3 is 2.88 bits per heavy atom. The Morgan fingerprint density at radius 1 is 1.56 bits per heavy atom. The number of carboxylic acids is 1. The van der Waals surface area contributed by atoms with Gasteiger partial charge in [-0.1, -0.05) is 11.6 Å². The number of aliphatic carboxylic acids is 1. The van der Waals surface area contributed by atoms with Gasteiger partial charge in [-0.3, -0.25) is 0 Å². The molecule has 0 amide bonds. The Labute approximate surface area is 95.2 Å². The molecule has 0 aromatic heterocycles. The van der Waals surface area contributed by atoms with E-state index in [2.05, 4.69) is 0 Å². The van der Waals surface area contributed by atoms with E-state index in [1.807, 2.05) is 0 Å². The van der Waals surface area contributed by atoms with Crippen molar-refractivity contribution in [1.29, 1.82) is 0 Å². The van der Waals surface area contributed by atoms with Gasteiger partial charge in [0.25, 0.3) is 0 Å². The minimum atomic E-state index is -1.19. The van der Waals surface area contributed by atoms with Gasteiger partial charge in [0, 0.05) is 18.1 Å². The van der Waals surface area contributed by atoms with Crippen LogP contribution in [0.2, 0.25) is 5.02 Å². The van der Waals surface area contributed by atoms with Crippen molar-refractivity contribution in [1.82, 2.24) is 0 Å². The number of ether oxygens (including phenoxy) is 1. The second-order valence-electron chi connectivity index (χ2n) is 3.50. The van der Waals surface area contributed by atoms with Crippen LogP contribution in [0, 0.1) is 5.82 Å². The Hall–Kier alpha value is -1.33. The first-order valence-corrected chi connectivity index (χ1v) is 4.93. The van der Waals surface area contributed by atoms with Gasteiger partial charge in [-0.15, -0.1) is 0 Å². The van der Waals surface area contributed by atoms with Crippen LogP contribution in [0.4, 0.5) is 4.39 Å². The Balaban J connectivity index is 2.42. The predicted octanol–water partition coefficient (Wildman–Crippen LogP) is 1.75. The van der Waals surface area contributed by atoms with Gasteiger partial charge in [0.05, 0.1) is 11.1 Å². The van der Waals surface area contributed by atoms with Crippen LogP contribution >= 0.6 is 11.6 Å². The lowest BCUT2D eigenvalue weighted by Gasteiger charge is -2.27. The average molecular weight is 247 g/mol. The summed E-state index contributed by atoms with van der Waals surface area (Å²) in [5.74, 6) is -1.88. The van der Waals surface area contributed by atoms with Gasteiger partial charge >= 0.3 is 5.97 Å². The van der Waals surface area contributed by atoms with Crippen molar-refractivity contribution in [3.63, 3.8) is 0 Å². The summed E-state index contributed by atoms with van der Waals surface area (Å²) in [6.07, 6.45) is -2.25. The molecule has 0 saturated heterocycles. The second kappa shape index (κ2) is 3.92. The molecule has 86 valence electrons. The van der Waals surface area contributed by atoms with Crippen molar-refractivity contribution in [3.05, 3.63) is 28.5 Å².